The molecule has 0 bridgehead atoms. The molecule has 8 heteroatoms. The Balaban J connectivity index is 1.62. The van der Waals surface area contributed by atoms with Crippen LogP contribution >= 0.6 is 66.8 Å². The van der Waals surface area contributed by atoms with Gasteiger partial charge in [-0.3, -0.25) is 0 Å². The number of anilines is 2. The third-order valence-electron chi connectivity index (χ3n) is 5.49. The highest BCUT2D eigenvalue weighted by Crippen LogP contribution is 2.38. The van der Waals surface area contributed by atoms with Crippen LogP contribution in [-0.4, -0.2) is 57.0 Å². The molecule has 0 radical (unpaired) electrons. The third-order valence-corrected chi connectivity index (χ3v) is 8.34. The molecule has 0 saturated carbocycles. The smallest absolute Gasteiger partial charge is 0.0612 e. The molecule has 30 heavy (non-hydrogen) atoms. The van der Waals surface area contributed by atoms with E-state index in [1.54, 1.807) is 0 Å². The zero-order valence-corrected chi connectivity index (χ0v) is 22.2. The fourth-order valence-electron chi connectivity index (χ4n) is 3.77. The first kappa shape index (κ1) is 22.8. The molecule has 0 aliphatic carbocycles. The third kappa shape index (κ3) is 5.33. The lowest BCUT2D eigenvalue weighted by Gasteiger charge is -2.35. The summed E-state index contributed by atoms with van der Waals surface area (Å²) >= 11 is 21.8. The number of hydrogen-bond acceptors (Lipinski definition) is 4. The van der Waals surface area contributed by atoms with E-state index in [4.69, 9.17) is 23.2 Å². The Bertz CT molecular complexity index is 962. The van der Waals surface area contributed by atoms with Crippen molar-refractivity contribution in [2.75, 3.05) is 61.9 Å². The van der Waals surface area contributed by atoms with E-state index in [-0.39, 0.29) is 0 Å². The van der Waals surface area contributed by atoms with Crippen LogP contribution < -0.4 is 9.80 Å². The van der Waals surface area contributed by atoms with E-state index in [2.05, 4.69) is 71.8 Å². The highest BCUT2D eigenvalue weighted by atomic mass is 79.9. The van der Waals surface area contributed by atoms with Crippen LogP contribution in [0.25, 0.3) is 6.08 Å². The number of hydrogen-bond donors (Lipinski definition) is 0. The van der Waals surface area contributed by atoms with E-state index in [0.717, 1.165) is 59.7 Å². The minimum Gasteiger partial charge on any atom is -0.368 e. The minimum absolute atomic E-state index is 0.596. The van der Waals surface area contributed by atoms with Crippen molar-refractivity contribution in [3.05, 3.63) is 59.8 Å². The topological polar surface area (TPSA) is 9.72 Å². The largest absolute Gasteiger partial charge is 0.368 e. The van der Waals surface area contributed by atoms with Crippen LogP contribution in [0.3, 0.4) is 0 Å². The van der Waals surface area contributed by atoms with Gasteiger partial charge in [-0.15, -0.1) is 11.8 Å². The molecule has 2 aliphatic rings. The first-order chi connectivity index (χ1) is 14.4. The molecule has 4 rings (SSSR count). The average Bonchev–Trinajstić information content (AvgIpc) is 2.73. The van der Waals surface area contributed by atoms with E-state index in [0.29, 0.717) is 10.0 Å². The van der Waals surface area contributed by atoms with Crippen molar-refractivity contribution in [1.82, 2.24) is 4.90 Å². The molecular formula is C22H23Br2Cl2N3S. The van der Waals surface area contributed by atoms with Crippen molar-refractivity contribution in [3.63, 3.8) is 0 Å². The summed E-state index contributed by atoms with van der Waals surface area (Å²) in [5.41, 5.74) is 3.65. The number of piperazine rings is 1. The van der Waals surface area contributed by atoms with Crippen molar-refractivity contribution >= 4 is 84.3 Å². The molecule has 0 aromatic heterocycles. The summed E-state index contributed by atoms with van der Waals surface area (Å²) in [6.07, 6.45) is 2.35. The predicted octanol–water partition coefficient (Wildman–Crippen LogP) is 6.86. The first-order valence-electron chi connectivity index (χ1n) is 9.86. The van der Waals surface area contributed by atoms with Gasteiger partial charge in [-0.25, -0.2) is 0 Å². The zero-order valence-electron chi connectivity index (χ0n) is 16.7. The second kappa shape index (κ2) is 10.1. The SMILES string of the molecule is CN1CCN(c2cc(Br)cc(Br)c2C=C2CN(c3ccc(Cl)c(Cl)c3)CCS2)CC1. The Kier molecular flexibility index (Phi) is 7.64. The Morgan fingerprint density at radius 2 is 1.70 bits per heavy atom. The van der Waals surface area contributed by atoms with Crippen LogP contribution in [0.5, 0.6) is 0 Å². The molecule has 2 aromatic rings. The quantitative estimate of drug-likeness (QED) is 0.385. The van der Waals surface area contributed by atoms with Gasteiger partial charge < -0.3 is 14.7 Å². The van der Waals surface area contributed by atoms with E-state index in [1.165, 1.54) is 16.2 Å². The molecule has 0 amide bonds. The molecule has 0 unspecified atom stereocenters. The van der Waals surface area contributed by atoms with Gasteiger partial charge in [-0.1, -0.05) is 55.1 Å². The Morgan fingerprint density at radius 3 is 2.43 bits per heavy atom. The van der Waals surface area contributed by atoms with Crippen LogP contribution in [0.15, 0.2) is 44.2 Å². The summed E-state index contributed by atoms with van der Waals surface area (Å²) in [5.74, 6) is 1.05. The molecule has 2 fully saturated rings. The van der Waals surface area contributed by atoms with E-state index >= 15 is 0 Å². The number of thioether (sulfide) groups is 1. The molecule has 0 N–H and O–H groups in total. The Hall–Kier alpha value is -0.370. The average molecular weight is 592 g/mol. The van der Waals surface area contributed by atoms with Gasteiger partial charge in [0.2, 0.25) is 0 Å². The lowest BCUT2D eigenvalue weighted by atomic mass is 10.1. The predicted molar refractivity (Wildman–Crippen MR) is 141 cm³/mol. The second-order valence-corrected chi connectivity index (χ2v) is 11.4. The molecule has 160 valence electrons. The maximum Gasteiger partial charge on any atom is 0.0612 e. The summed E-state index contributed by atoms with van der Waals surface area (Å²) in [4.78, 5) is 8.60. The van der Waals surface area contributed by atoms with Crippen LogP contribution in [0.2, 0.25) is 10.0 Å². The maximum absolute atomic E-state index is 6.25. The summed E-state index contributed by atoms with van der Waals surface area (Å²) in [6.45, 7) is 6.11. The van der Waals surface area contributed by atoms with Gasteiger partial charge in [0.05, 0.1) is 10.0 Å². The van der Waals surface area contributed by atoms with Crippen molar-refractivity contribution in [2.45, 2.75) is 0 Å². The molecule has 2 heterocycles. The number of rotatable bonds is 3. The molecule has 2 saturated heterocycles. The highest BCUT2D eigenvalue weighted by Gasteiger charge is 2.21. The van der Waals surface area contributed by atoms with Crippen molar-refractivity contribution in [3.8, 4) is 0 Å². The maximum atomic E-state index is 6.25. The summed E-state index contributed by atoms with van der Waals surface area (Å²) in [6, 6.07) is 10.3. The fraction of sp³-hybridized carbons (Fsp3) is 0.364. The van der Waals surface area contributed by atoms with Crippen LogP contribution in [0.4, 0.5) is 11.4 Å². The summed E-state index contributed by atoms with van der Waals surface area (Å²) < 4.78 is 2.21. The fourth-order valence-corrected chi connectivity index (χ4v) is 6.40. The summed E-state index contributed by atoms with van der Waals surface area (Å²) in [5, 5.41) is 1.20. The van der Waals surface area contributed by atoms with Crippen LogP contribution in [-0.2, 0) is 0 Å². The van der Waals surface area contributed by atoms with Crippen molar-refractivity contribution < 1.29 is 0 Å². The van der Waals surface area contributed by atoms with Gasteiger partial charge in [0.1, 0.15) is 0 Å². The molecule has 3 nitrogen and oxygen atoms in total. The number of nitrogens with zero attached hydrogens (tertiary/aromatic N) is 3. The number of likely N-dealkylation sites (N-methyl/N-ethyl adjacent to an activating group) is 1. The monoisotopic (exact) mass is 589 g/mol. The van der Waals surface area contributed by atoms with Gasteiger partial charge in [0.15, 0.2) is 0 Å². The van der Waals surface area contributed by atoms with E-state index in [9.17, 15) is 0 Å². The van der Waals surface area contributed by atoms with Crippen LogP contribution in [0.1, 0.15) is 5.56 Å². The van der Waals surface area contributed by atoms with Gasteiger partial charge in [0, 0.05) is 75.8 Å². The molecule has 2 aliphatic heterocycles. The van der Waals surface area contributed by atoms with Gasteiger partial charge >= 0.3 is 0 Å². The zero-order chi connectivity index (χ0) is 21.3. The standard InChI is InChI=1S/C22H23Br2Cl2N3S/c1-27-4-6-28(7-5-27)22-11-15(23)10-19(24)18(22)13-17-14-29(8-9-30-17)16-2-3-20(25)21(26)12-16/h2-3,10-13H,4-9,14H2,1H3. The highest BCUT2D eigenvalue weighted by molar-refractivity contribution is 9.11. The molecule has 0 spiro atoms. The second-order valence-electron chi connectivity index (χ2n) is 7.59. The van der Waals surface area contributed by atoms with Gasteiger partial charge in [0.25, 0.3) is 0 Å². The normalized spacial score (nSPS) is 19.6. The molecular weight excluding hydrogens is 569 g/mol. The minimum atomic E-state index is 0.596. The van der Waals surface area contributed by atoms with Gasteiger partial charge in [-0.05, 0) is 43.5 Å². The molecule has 0 atom stereocenters. The number of benzene rings is 2. The Morgan fingerprint density at radius 1 is 0.933 bits per heavy atom. The van der Waals surface area contributed by atoms with Crippen molar-refractivity contribution in [2.24, 2.45) is 0 Å². The lowest BCUT2D eigenvalue weighted by Crippen LogP contribution is -2.44. The van der Waals surface area contributed by atoms with E-state index in [1.807, 2.05) is 30.0 Å². The Labute approximate surface area is 209 Å². The van der Waals surface area contributed by atoms with Crippen molar-refractivity contribution in [1.29, 1.82) is 0 Å². The van der Waals surface area contributed by atoms with Crippen LogP contribution in [0, 0.1) is 0 Å². The lowest BCUT2D eigenvalue weighted by molar-refractivity contribution is 0.313. The van der Waals surface area contributed by atoms with E-state index < -0.39 is 0 Å². The summed E-state index contributed by atoms with van der Waals surface area (Å²) in [7, 11) is 2.19. The molecule has 2 aromatic carbocycles. The van der Waals surface area contributed by atoms with Gasteiger partial charge in [-0.2, -0.15) is 0 Å². The first-order valence-corrected chi connectivity index (χ1v) is 13.2. The number of halogens is 4.